The molecule has 1 N–H and O–H groups in total. The summed E-state index contributed by atoms with van der Waals surface area (Å²) in [6, 6.07) is 4.05. The van der Waals surface area contributed by atoms with Gasteiger partial charge in [-0.2, -0.15) is 5.10 Å². The summed E-state index contributed by atoms with van der Waals surface area (Å²) in [6.45, 7) is 2.49. The van der Waals surface area contributed by atoms with Crippen LogP contribution in [0.15, 0.2) is 12.1 Å². The van der Waals surface area contributed by atoms with E-state index in [1.165, 1.54) is 12.8 Å². The van der Waals surface area contributed by atoms with Gasteiger partial charge in [0.1, 0.15) is 0 Å². The number of imide groups is 1. The first-order valence-corrected chi connectivity index (χ1v) is 8.80. The largest absolute Gasteiger partial charge is 0.352 e. The lowest BCUT2D eigenvalue weighted by molar-refractivity contribution is -0.145. The van der Waals surface area contributed by atoms with Crippen LogP contribution in [0, 0.1) is 5.92 Å². The monoisotopic (exact) mass is 343 g/mol. The predicted molar refractivity (Wildman–Crippen MR) is 88.7 cm³/mol. The number of amides is 3. The number of piperazine rings is 1. The molecule has 3 fully saturated rings. The molecule has 3 amide bonds. The van der Waals surface area contributed by atoms with E-state index in [1.54, 1.807) is 4.90 Å². The fourth-order valence-electron chi connectivity index (χ4n) is 3.47. The van der Waals surface area contributed by atoms with Gasteiger partial charge in [-0.15, -0.1) is 5.10 Å². The van der Waals surface area contributed by atoms with Crippen LogP contribution in [0.3, 0.4) is 0 Å². The lowest BCUT2D eigenvalue weighted by Gasteiger charge is -2.37. The molecule has 0 radical (unpaired) electrons. The van der Waals surface area contributed by atoms with Crippen LogP contribution in [-0.2, 0) is 14.4 Å². The van der Waals surface area contributed by atoms with Gasteiger partial charge in [-0.3, -0.25) is 19.7 Å². The second kappa shape index (κ2) is 6.42. The standard InChI is InChI=1S/C17H21N5O3/c23-15-9-12(10-16(24)18-15)17(25)22-7-5-21(6-8-22)14-4-3-13(19-20-14)11-1-2-11/h3-4,11-12H,1-2,5-10H2,(H,18,23,24). The second-order valence-corrected chi connectivity index (χ2v) is 6.98. The van der Waals surface area contributed by atoms with Crippen molar-refractivity contribution in [2.75, 3.05) is 31.1 Å². The Labute approximate surface area is 145 Å². The van der Waals surface area contributed by atoms with Crippen molar-refractivity contribution in [2.24, 2.45) is 5.92 Å². The van der Waals surface area contributed by atoms with E-state index in [0.29, 0.717) is 32.1 Å². The maximum atomic E-state index is 12.6. The molecule has 8 nitrogen and oxygen atoms in total. The van der Waals surface area contributed by atoms with E-state index in [2.05, 4.69) is 20.4 Å². The maximum absolute atomic E-state index is 12.6. The summed E-state index contributed by atoms with van der Waals surface area (Å²) in [6.07, 6.45) is 2.60. The van der Waals surface area contributed by atoms with Crippen LogP contribution < -0.4 is 10.2 Å². The van der Waals surface area contributed by atoms with Crippen LogP contribution in [0.25, 0.3) is 0 Å². The van der Waals surface area contributed by atoms with Crippen LogP contribution in [0.1, 0.15) is 37.3 Å². The molecule has 1 saturated carbocycles. The van der Waals surface area contributed by atoms with Gasteiger partial charge in [-0.1, -0.05) is 0 Å². The first-order chi connectivity index (χ1) is 12.1. The molecule has 0 unspecified atom stereocenters. The Morgan fingerprint density at radius 1 is 1.00 bits per heavy atom. The smallest absolute Gasteiger partial charge is 0.227 e. The average molecular weight is 343 g/mol. The van der Waals surface area contributed by atoms with Gasteiger partial charge in [0.05, 0.1) is 11.6 Å². The number of nitrogens with one attached hydrogen (secondary N) is 1. The van der Waals surface area contributed by atoms with Crippen molar-refractivity contribution in [3.05, 3.63) is 17.8 Å². The minimum Gasteiger partial charge on any atom is -0.352 e. The summed E-state index contributed by atoms with van der Waals surface area (Å²) in [5.74, 6) is 0.0806. The Morgan fingerprint density at radius 2 is 1.68 bits per heavy atom. The lowest BCUT2D eigenvalue weighted by atomic mass is 9.95. The summed E-state index contributed by atoms with van der Waals surface area (Å²) >= 11 is 0. The molecule has 4 rings (SSSR count). The quantitative estimate of drug-likeness (QED) is 0.780. The van der Waals surface area contributed by atoms with Gasteiger partial charge in [0, 0.05) is 44.9 Å². The SMILES string of the molecule is O=C1CC(C(=O)N2CCN(c3ccc(C4CC4)nn3)CC2)CC(=O)N1. The number of hydrogen-bond donors (Lipinski definition) is 1. The Bertz CT molecular complexity index is 677. The summed E-state index contributed by atoms with van der Waals surface area (Å²) in [5, 5.41) is 10.9. The average Bonchev–Trinajstić information content (AvgIpc) is 3.46. The molecule has 0 atom stereocenters. The van der Waals surface area contributed by atoms with E-state index < -0.39 is 5.92 Å². The molecule has 1 aromatic rings. The first-order valence-electron chi connectivity index (χ1n) is 8.80. The number of rotatable bonds is 3. The third-order valence-electron chi connectivity index (χ3n) is 5.07. The molecule has 1 aromatic heterocycles. The predicted octanol–water partition coefficient (Wildman–Crippen LogP) is 0.0554. The Hall–Kier alpha value is -2.51. The van der Waals surface area contributed by atoms with Crippen molar-refractivity contribution in [3.63, 3.8) is 0 Å². The number of carbonyl (C=O) groups is 3. The topological polar surface area (TPSA) is 95.5 Å². The third kappa shape index (κ3) is 3.47. The molecule has 2 saturated heterocycles. The number of carbonyl (C=O) groups excluding carboxylic acids is 3. The normalized spacial score (nSPS) is 22.1. The molecular weight excluding hydrogens is 322 g/mol. The zero-order chi connectivity index (χ0) is 17.4. The molecule has 0 spiro atoms. The molecule has 0 aromatic carbocycles. The van der Waals surface area contributed by atoms with Gasteiger partial charge in [-0.25, -0.2) is 0 Å². The minimum absolute atomic E-state index is 0.0961. The zero-order valence-corrected chi connectivity index (χ0v) is 14.0. The van der Waals surface area contributed by atoms with Crippen molar-refractivity contribution in [2.45, 2.75) is 31.6 Å². The highest BCUT2D eigenvalue weighted by Gasteiger charge is 2.34. The van der Waals surface area contributed by atoms with Crippen LogP contribution in [0.2, 0.25) is 0 Å². The minimum atomic E-state index is -0.523. The highest BCUT2D eigenvalue weighted by molar-refractivity contribution is 6.02. The fourth-order valence-corrected chi connectivity index (χ4v) is 3.47. The van der Waals surface area contributed by atoms with Gasteiger partial charge in [0.2, 0.25) is 17.7 Å². The van der Waals surface area contributed by atoms with E-state index >= 15 is 0 Å². The van der Waals surface area contributed by atoms with Gasteiger partial charge in [-0.05, 0) is 25.0 Å². The number of piperidine rings is 1. The summed E-state index contributed by atoms with van der Waals surface area (Å²) in [7, 11) is 0. The van der Waals surface area contributed by atoms with E-state index in [9.17, 15) is 14.4 Å². The van der Waals surface area contributed by atoms with Gasteiger partial charge >= 0.3 is 0 Å². The maximum Gasteiger partial charge on any atom is 0.227 e. The Morgan fingerprint density at radius 3 is 2.24 bits per heavy atom. The van der Waals surface area contributed by atoms with Crippen LogP contribution in [0.5, 0.6) is 0 Å². The van der Waals surface area contributed by atoms with Crippen LogP contribution in [0.4, 0.5) is 5.82 Å². The number of nitrogens with zero attached hydrogens (tertiary/aromatic N) is 4. The Balaban J connectivity index is 1.33. The van der Waals surface area contributed by atoms with Gasteiger partial charge in [0.25, 0.3) is 0 Å². The fraction of sp³-hybridized carbons (Fsp3) is 0.588. The molecule has 3 heterocycles. The summed E-state index contributed by atoms with van der Waals surface area (Å²) in [5.41, 5.74) is 1.07. The van der Waals surface area contributed by atoms with Gasteiger partial charge in [0.15, 0.2) is 5.82 Å². The highest BCUT2D eigenvalue weighted by atomic mass is 16.2. The molecule has 2 aliphatic heterocycles. The number of anilines is 1. The van der Waals surface area contributed by atoms with Crippen molar-refractivity contribution >= 4 is 23.5 Å². The van der Waals surface area contributed by atoms with E-state index in [-0.39, 0.29) is 30.6 Å². The molecule has 8 heteroatoms. The molecule has 132 valence electrons. The lowest BCUT2D eigenvalue weighted by Crippen LogP contribution is -2.52. The third-order valence-corrected chi connectivity index (χ3v) is 5.07. The van der Waals surface area contributed by atoms with Gasteiger partial charge < -0.3 is 9.80 Å². The second-order valence-electron chi connectivity index (χ2n) is 6.98. The van der Waals surface area contributed by atoms with Crippen molar-refractivity contribution in [3.8, 4) is 0 Å². The number of hydrogen-bond acceptors (Lipinski definition) is 6. The molecular formula is C17H21N5O3. The van der Waals surface area contributed by atoms with Crippen LogP contribution >= 0.6 is 0 Å². The zero-order valence-electron chi connectivity index (χ0n) is 14.0. The van der Waals surface area contributed by atoms with Crippen LogP contribution in [-0.4, -0.2) is 59.0 Å². The molecule has 0 bridgehead atoms. The molecule has 3 aliphatic rings. The summed E-state index contributed by atoms with van der Waals surface area (Å²) < 4.78 is 0. The van der Waals surface area contributed by atoms with E-state index in [0.717, 1.165) is 11.5 Å². The Kier molecular flexibility index (Phi) is 4.10. The van der Waals surface area contributed by atoms with Crippen molar-refractivity contribution in [1.29, 1.82) is 0 Å². The molecule has 1 aliphatic carbocycles. The first kappa shape index (κ1) is 16.0. The van der Waals surface area contributed by atoms with Crippen molar-refractivity contribution < 1.29 is 14.4 Å². The van der Waals surface area contributed by atoms with E-state index in [1.807, 2.05) is 12.1 Å². The molecule has 25 heavy (non-hydrogen) atoms. The summed E-state index contributed by atoms with van der Waals surface area (Å²) in [4.78, 5) is 39.4. The van der Waals surface area contributed by atoms with E-state index in [4.69, 9.17) is 0 Å². The highest BCUT2D eigenvalue weighted by Crippen LogP contribution is 2.38. The van der Waals surface area contributed by atoms with Crippen molar-refractivity contribution in [1.82, 2.24) is 20.4 Å². The number of aromatic nitrogens is 2.